The Morgan fingerprint density at radius 3 is 2.62 bits per heavy atom. The summed E-state index contributed by atoms with van der Waals surface area (Å²) in [5.74, 6) is 0.602. The van der Waals surface area contributed by atoms with Crippen LogP contribution in [0.25, 0.3) is 10.9 Å². The number of nitrogens with zero attached hydrogens (tertiary/aromatic N) is 2. The Hall–Kier alpha value is -1.21. The smallest absolute Gasteiger partial charge is 0.243 e. The van der Waals surface area contributed by atoms with E-state index in [-0.39, 0.29) is 12.4 Å². The van der Waals surface area contributed by atoms with Crippen molar-refractivity contribution >= 4 is 33.3 Å². The van der Waals surface area contributed by atoms with E-state index in [2.05, 4.69) is 10.3 Å². The van der Waals surface area contributed by atoms with Crippen LogP contribution in [-0.2, 0) is 10.0 Å². The quantitative estimate of drug-likeness (QED) is 0.867. The highest BCUT2D eigenvalue weighted by molar-refractivity contribution is 7.89. The third-order valence-electron chi connectivity index (χ3n) is 5.72. The van der Waals surface area contributed by atoms with Gasteiger partial charge in [-0.1, -0.05) is 6.07 Å². The van der Waals surface area contributed by atoms with Crippen molar-refractivity contribution in [3.8, 4) is 0 Å². The zero-order chi connectivity index (χ0) is 17.4. The third-order valence-corrected chi connectivity index (χ3v) is 7.67. The molecule has 2 aliphatic heterocycles. The molecule has 1 atom stereocenters. The van der Waals surface area contributed by atoms with Crippen LogP contribution in [0.3, 0.4) is 0 Å². The summed E-state index contributed by atoms with van der Waals surface area (Å²) in [6, 6.07) is 7.83. The molecular formula is C19H26ClN3O2S. The summed E-state index contributed by atoms with van der Waals surface area (Å²) >= 11 is 0. The van der Waals surface area contributed by atoms with E-state index in [1.165, 1.54) is 12.8 Å². The lowest BCUT2D eigenvalue weighted by molar-refractivity contribution is 0.234. The van der Waals surface area contributed by atoms with Gasteiger partial charge in [0.2, 0.25) is 10.0 Å². The molecule has 2 saturated heterocycles. The van der Waals surface area contributed by atoms with E-state index in [0.29, 0.717) is 29.9 Å². The van der Waals surface area contributed by atoms with Gasteiger partial charge in [0, 0.05) is 30.7 Å². The zero-order valence-corrected chi connectivity index (χ0v) is 16.7. The lowest BCUT2D eigenvalue weighted by Crippen LogP contribution is -2.43. The molecule has 0 saturated carbocycles. The fraction of sp³-hybridized carbons (Fsp3) is 0.526. The van der Waals surface area contributed by atoms with Gasteiger partial charge in [0.1, 0.15) is 0 Å². The minimum atomic E-state index is -3.48. The van der Waals surface area contributed by atoms with Gasteiger partial charge in [-0.05, 0) is 68.8 Å². The number of pyridine rings is 1. The molecule has 0 amide bonds. The van der Waals surface area contributed by atoms with Crippen molar-refractivity contribution in [1.82, 2.24) is 14.6 Å². The van der Waals surface area contributed by atoms with Crippen LogP contribution in [-0.4, -0.2) is 43.4 Å². The Kier molecular flexibility index (Phi) is 5.87. The van der Waals surface area contributed by atoms with E-state index in [9.17, 15) is 8.42 Å². The molecule has 2 fully saturated rings. The molecule has 4 rings (SSSR count). The largest absolute Gasteiger partial charge is 0.314 e. The monoisotopic (exact) mass is 395 g/mol. The number of halogens is 1. The fourth-order valence-corrected chi connectivity index (χ4v) is 5.94. The van der Waals surface area contributed by atoms with E-state index in [1.54, 1.807) is 22.6 Å². The van der Waals surface area contributed by atoms with Crippen molar-refractivity contribution in [2.45, 2.75) is 43.5 Å². The molecule has 142 valence electrons. The molecule has 1 aromatic heterocycles. The molecular weight excluding hydrogens is 370 g/mol. The topological polar surface area (TPSA) is 62.3 Å². The van der Waals surface area contributed by atoms with Gasteiger partial charge in [-0.15, -0.1) is 12.4 Å². The molecule has 3 heterocycles. The molecule has 0 aliphatic carbocycles. The van der Waals surface area contributed by atoms with Gasteiger partial charge >= 0.3 is 0 Å². The number of rotatable bonds is 3. The molecule has 2 aliphatic rings. The SMILES string of the molecule is Cc1ccc(S(=O)(=O)N2CCC(C3CCCN3)CC2)c2cccnc12.Cl. The minimum absolute atomic E-state index is 0. The summed E-state index contributed by atoms with van der Waals surface area (Å²) in [6.07, 6.45) is 6.07. The number of hydrogen-bond acceptors (Lipinski definition) is 4. The van der Waals surface area contributed by atoms with Crippen LogP contribution in [0.1, 0.15) is 31.2 Å². The summed E-state index contributed by atoms with van der Waals surface area (Å²) in [4.78, 5) is 4.76. The Labute approximate surface area is 161 Å². The third kappa shape index (κ3) is 3.48. The molecule has 7 heteroatoms. The number of hydrogen-bond donors (Lipinski definition) is 1. The molecule has 0 spiro atoms. The van der Waals surface area contributed by atoms with Gasteiger partial charge in [0.05, 0.1) is 10.4 Å². The van der Waals surface area contributed by atoms with Crippen molar-refractivity contribution in [3.63, 3.8) is 0 Å². The molecule has 1 N–H and O–H groups in total. The number of fused-ring (bicyclic) bond motifs is 1. The van der Waals surface area contributed by atoms with Gasteiger partial charge in [-0.3, -0.25) is 4.98 Å². The van der Waals surface area contributed by atoms with Crippen LogP contribution in [0.4, 0.5) is 0 Å². The lowest BCUT2D eigenvalue weighted by Gasteiger charge is -2.34. The Morgan fingerprint density at radius 1 is 1.15 bits per heavy atom. The van der Waals surface area contributed by atoms with E-state index >= 15 is 0 Å². The predicted octanol–water partition coefficient (Wildman–Crippen LogP) is 3.12. The maximum Gasteiger partial charge on any atom is 0.243 e. The molecule has 2 aromatic rings. The van der Waals surface area contributed by atoms with Crippen molar-refractivity contribution in [3.05, 3.63) is 36.0 Å². The summed E-state index contributed by atoms with van der Waals surface area (Å²) in [7, 11) is -3.48. The van der Waals surface area contributed by atoms with Crippen LogP contribution >= 0.6 is 12.4 Å². The van der Waals surface area contributed by atoms with Crippen LogP contribution in [0.5, 0.6) is 0 Å². The van der Waals surface area contributed by atoms with Gasteiger partial charge < -0.3 is 5.32 Å². The van der Waals surface area contributed by atoms with Gasteiger partial charge in [-0.2, -0.15) is 4.31 Å². The summed E-state index contributed by atoms with van der Waals surface area (Å²) < 4.78 is 28.1. The fourth-order valence-electron chi connectivity index (χ4n) is 4.28. The second kappa shape index (κ2) is 7.80. The summed E-state index contributed by atoms with van der Waals surface area (Å²) in [5.41, 5.74) is 1.77. The number of sulfonamides is 1. The van der Waals surface area contributed by atoms with Crippen molar-refractivity contribution in [2.24, 2.45) is 5.92 Å². The number of benzene rings is 1. The van der Waals surface area contributed by atoms with Crippen LogP contribution in [0, 0.1) is 12.8 Å². The maximum atomic E-state index is 13.2. The molecule has 0 radical (unpaired) electrons. The van der Waals surface area contributed by atoms with Crippen LogP contribution in [0.15, 0.2) is 35.4 Å². The van der Waals surface area contributed by atoms with E-state index in [4.69, 9.17) is 0 Å². The zero-order valence-electron chi connectivity index (χ0n) is 15.0. The first-order valence-corrected chi connectivity index (χ1v) is 10.6. The van der Waals surface area contributed by atoms with Crippen molar-refractivity contribution < 1.29 is 8.42 Å². The summed E-state index contributed by atoms with van der Waals surface area (Å²) in [5, 5.41) is 4.29. The van der Waals surface area contributed by atoms with E-state index in [1.807, 2.05) is 19.1 Å². The Morgan fingerprint density at radius 2 is 1.92 bits per heavy atom. The minimum Gasteiger partial charge on any atom is -0.314 e. The van der Waals surface area contributed by atoms with Gasteiger partial charge in [0.25, 0.3) is 0 Å². The molecule has 5 nitrogen and oxygen atoms in total. The first-order valence-electron chi connectivity index (χ1n) is 9.15. The first-order chi connectivity index (χ1) is 12.1. The summed E-state index contributed by atoms with van der Waals surface area (Å²) in [6.45, 7) is 4.29. The van der Waals surface area contributed by atoms with E-state index < -0.39 is 10.0 Å². The molecule has 1 aromatic carbocycles. The highest BCUT2D eigenvalue weighted by Crippen LogP contribution is 2.31. The van der Waals surface area contributed by atoms with Gasteiger partial charge in [0.15, 0.2) is 0 Å². The number of piperidine rings is 1. The number of aryl methyl sites for hydroxylation is 1. The van der Waals surface area contributed by atoms with E-state index in [0.717, 1.165) is 35.9 Å². The second-order valence-corrected chi connectivity index (χ2v) is 9.13. The van der Waals surface area contributed by atoms with Crippen LogP contribution in [0.2, 0.25) is 0 Å². The normalized spacial score (nSPS) is 22.4. The average Bonchev–Trinajstić information content (AvgIpc) is 3.17. The number of nitrogens with one attached hydrogen (secondary N) is 1. The lowest BCUT2D eigenvalue weighted by atomic mass is 9.89. The highest BCUT2D eigenvalue weighted by atomic mass is 35.5. The van der Waals surface area contributed by atoms with Crippen molar-refractivity contribution in [2.75, 3.05) is 19.6 Å². The average molecular weight is 396 g/mol. The maximum absolute atomic E-state index is 13.2. The second-order valence-electron chi connectivity index (χ2n) is 7.22. The predicted molar refractivity (Wildman–Crippen MR) is 106 cm³/mol. The molecule has 0 bridgehead atoms. The highest BCUT2D eigenvalue weighted by Gasteiger charge is 2.34. The molecule has 1 unspecified atom stereocenters. The molecule has 26 heavy (non-hydrogen) atoms. The Balaban J connectivity index is 0.00000196. The van der Waals surface area contributed by atoms with Crippen LogP contribution < -0.4 is 5.32 Å². The van der Waals surface area contributed by atoms with Gasteiger partial charge in [-0.25, -0.2) is 8.42 Å². The number of aromatic nitrogens is 1. The van der Waals surface area contributed by atoms with Crippen molar-refractivity contribution in [1.29, 1.82) is 0 Å². The first kappa shape index (κ1) is 19.5. The standard InChI is InChI=1S/C19H25N3O2S.ClH/c1-14-6-7-18(16-4-2-11-21-19(14)16)25(23,24)22-12-8-15(9-13-22)17-5-3-10-20-17;/h2,4,6-7,11,15,17,20H,3,5,8-10,12-13H2,1H3;1H. The Bertz CT molecular complexity index is 873.